The number of β-amino-alcohol motifs (C(OH)–C–C–N with tert-alkyl or cyclic N) is 1. The lowest BCUT2D eigenvalue weighted by Crippen LogP contribution is -2.49. The third-order valence-corrected chi connectivity index (χ3v) is 4.86. The Morgan fingerprint density at radius 3 is 2.41 bits per heavy atom. The second kappa shape index (κ2) is 7.34. The number of anilines is 1. The molecule has 8 heteroatoms. The highest BCUT2D eigenvalue weighted by atomic mass is 16.3. The highest BCUT2D eigenvalue weighted by molar-refractivity contribution is 5.85. The molecule has 1 fully saturated rings. The first-order chi connectivity index (χ1) is 13.2. The molecule has 0 spiro atoms. The van der Waals surface area contributed by atoms with Gasteiger partial charge in [0.15, 0.2) is 16.9 Å². The molecule has 2 N–H and O–H groups in total. The van der Waals surface area contributed by atoms with Gasteiger partial charge in [-0.15, -0.1) is 0 Å². The summed E-state index contributed by atoms with van der Waals surface area (Å²) < 4.78 is 1.50. The normalized spacial score (nSPS) is 15.4. The summed E-state index contributed by atoms with van der Waals surface area (Å²) in [6.45, 7) is 3.31. The molecule has 27 heavy (non-hydrogen) atoms. The van der Waals surface area contributed by atoms with Crippen molar-refractivity contribution < 1.29 is 10.2 Å². The van der Waals surface area contributed by atoms with E-state index in [2.05, 4.69) is 14.9 Å². The molecule has 1 aliphatic heterocycles. The van der Waals surface area contributed by atoms with Crippen LogP contribution in [-0.4, -0.2) is 69.0 Å². The molecule has 2 aromatic heterocycles. The monoisotopic (exact) mass is 367 g/mol. The van der Waals surface area contributed by atoms with E-state index in [1.54, 1.807) is 0 Å². The van der Waals surface area contributed by atoms with Crippen LogP contribution in [-0.2, 0) is 0 Å². The fourth-order valence-corrected chi connectivity index (χ4v) is 3.52. The van der Waals surface area contributed by atoms with Crippen molar-refractivity contribution in [3.63, 3.8) is 0 Å². The van der Waals surface area contributed by atoms with Crippen LogP contribution < -0.4 is 10.5 Å². The van der Waals surface area contributed by atoms with Gasteiger partial charge < -0.3 is 15.1 Å². The average molecular weight is 367 g/mol. The Kier molecular flexibility index (Phi) is 4.74. The Labute approximate surface area is 155 Å². The number of aliphatic hydroxyl groups excluding tert-OH is 1. The lowest BCUT2D eigenvalue weighted by atomic mass is 10.2. The highest BCUT2D eigenvalue weighted by Crippen LogP contribution is 2.31. The standard InChI is InChI=1S/C19H21N5O3/c25-13-12-22-8-10-23(11-9-22)16-17(26)15-18(21-7-6-20-15)24(19(16)27)14-4-2-1-3-5-14/h1-7,25-26H,8-13H2. The molecule has 0 aliphatic carbocycles. The van der Waals surface area contributed by atoms with Gasteiger partial charge in [0.05, 0.1) is 12.3 Å². The summed E-state index contributed by atoms with van der Waals surface area (Å²) in [7, 11) is 0. The summed E-state index contributed by atoms with van der Waals surface area (Å²) in [6.07, 6.45) is 3.01. The average Bonchev–Trinajstić information content (AvgIpc) is 2.70. The largest absolute Gasteiger partial charge is 0.504 e. The zero-order valence-electron chi connectivity index (χ0n) is 14.8. The number of aliphatic hydroxyl groups is 1. The van der Waals surface area contributed by atoms with E-state index < -0.39 is 0 Å². The maximum Gasteiger partial charge on any atom is 0.284 e. The molecule has 3 aromatic rings. The number of benzene rings is 1. The van der Waals surface area contributed by atoms with Crippen LogP contribution in [0.2, 0.25) is 0 Å². The Morgan fingerprint density at radius 1 is 1.00 bits per heavy atom. The van der Waals surface area contributed by atoms with Crippen molar-refractivity contribution >= 4 is 16.9 Å². The number of hydrogen-bond donors (Lipinski definition) is 2. The molecular weight excluding hydrogens is 346 g/mol. The van der Waals surface area contributed by atoms with E-state index in [-0.39, 0.29) is 23.6 Å². The van der Waals surface area contributed by atoms with Crippen molar-refractivity contribution in [1.82, 2.24) is 19.4 Å². The predicted octanol–water partition coefficient (Wildman–Crippen LogP) is 0.601. The number of fused-ring (bicyclic) bond motifs is 1. The number of aromatic hydroxyl groups is 1. The Hall–Kier alpha value is -2.97. The molecule has 0 radical (unpaired) electrons. The molecular formula is C19H21N5O3. The number of pyridine rings is 1. The molecule has 0 unspecified atom stereocenters. The smallest absolute Gasteiger partial charge is 0.284 e. The first-order valence-electron chi connectivity index (χ1n) is 8.93. The Morgan fingerprint density at radius 2 is 1.70 bits per heavy atom. The second-order valence-electron chi connectivity index (χ2n) is 6.45. The zero-order valence-corrected chi connectivity index (χ0v) is 14.8. The van der Waals surface area contributed by atoms with Gasteiger partial charge in [-0.25, -0.2) is 9.97 Å². The van der Waals surface area contributed by atoms with E-state index in [4.69, 9.17) is 5.11 Å². The minimum Gasteiger partial charge on any atom is -0.504 e. The molecule has 1 saturated heterocycles. The summed E-state index contributed by atoms with van der Waals surface area (Å²) in [5.41, 5.74) is 1.23. The van der Waals surface area contributed by atoms with Gasteiger partial charge >= 0.3 is 0 Å². The second-order valence-corrected chi connectivity index (χ2v) is 6.45. The van der Waals surface area contributed by atoms with Gasteiger partial charge in [0.1, 0.15) is 5.69 Å². The third-order valence-electron chi connectivity index (χ3n) is 4.86. The third kappa shape index (κ3) is 3.13. The van der Waals surface area contributed by atoms with Crippen LogP contribution in [0.1, 0.15) is 0 Å². The van der Waals surface area contributed by atoms with Gasteiger partial charge in [-0.05, 0) is 12.1 Å². The molecule has 3 heterocycles. The molecule has 0 bridgehead atoms. The van der Waals surface area contributed by atoms with Crippen molar-refractivity contribution in [3.8, 4) is 11.4 Å². The molecule has 140 valence electrons. The van der Waals surface area contributed by atoms with Crippen molar-refractivity contribution in [2.24, 2.45) is 0 Å². The Balaban J connectivity index is 1.86. The van der Waals surface area contributed by atoms with Crippen molar-refractivity contribution in [1.29, 1.82) is 0 Å². The topological polar surface area (TPSA) is 94.7 Å². The van der Waals surface area contributed by atoms with E-state index in [9.17, 15) is 9.90 Å². The minimum atomic E-state index is -0.317. The minimum absolute atomic E-state index is 0.109. The molecule has 0 saturated carbocycles. The summed E-state index contributed by atoms with van der Waals surface area (Å²) in [5.74, 6) is -0.133. The van der Waals surface area contributed by atoms with Crippen LogP contribution >= 0.6 is 0 Å². The van der Waals surface area contributed by atoms with E-state index in [0.717, 1.165) is 0 Å². The molecule has 1 aromatic carbocycles. The van der Waals surface area contributed by atoms with E-state index in [0.29, 0.717) is 49.6 Å². The van der Waals surface area contributed by atoms with Crippen LogP contribution in [0.4, 0.5) is 5.69 Å². The number of rotatable bonds is 4. The van der Waals surface area contributed by atoms with Crippen LogP contribution in [0, 0.1) is 0 Å². The van der Waals surface area contributed by atoms with Crippen LogP contribution in [0.5, 0.6) is 5.75 Å². The summed E-state index contributed by atoms with van der Waals surface area (Å²) in [5, 5.41) is 19.9. The zero-order chi connectivity index (χ0) is 18.8. The first kappa shape index (κ1) is 17.4. The number of piperazine rings is 1. The Bertz CT molecular complexity index is 997. The number of nitrogens with zero attached hydrogens (tertiary/aromatic N) is 5. The fraction of sp³-hybridized carbons (Fsp3) is 0.316. The number of para-hydroxylation sites is 1. The van der Waals surface area contributed by atoms with Crippen molar-refractivity contribution in [2.45, 2.75) is 0 Å². The van der Waals surface area contributed by atoms with Crippen LogP contribution in [0.3, 0.4) is 0 Å². The SMILES string of the molecule is O=c1c(N2CCN(CCO)CC2)c(O)c2nccnc2n1-c1ccccc1. The van der Waals surface area contributed by atoms with Gasteiger partial charge in [0.2, 0.25) is 0 Å². The van der Waals surface area contributed by atoms with Gasteiger partial charge in [-0.3, -0.25) is 14.3 Å². The lowest BCUT2D eigenvalue weighted by Gasteiger charge is -2.35. The molecule has 0 atom stereocenters. The van der Waals surface area contributed by atoms with E-state index >= 15 is 0 Å². The van der Waals surface area contributed by atoms with Crippen molar-refractivity contribution in [2.75, 3.05) is 44.2 Å². The predicted molar refractivity (Wildman–Crippen MR) is 103 cm³/mol. The van der Waals surface area contributed by atoms with Gasteiger partial charge in [-0.2, -0.15) is 0 Å². The molecule has 4 rings (SSSR count). The van der Waals surface area contributed by atoms with E-state index in [1.165, 1.54) is 17.0 Å². The summed E-state index contributed by atoms with van der Waals surface area (Å²) in [4.78, 5) is 25.9. The van der Waals surface area contributed by atoms with Gasteiger partial charge in [0.25, 0.3) is 5.56 Å². The van der Waals surface area contributed by atoms with Crippen LogP contribution in [0.15, 0.2) is 47.5 Å². The van der Waals surface area contributed by atoms with Gasteiger partial charge in [0, 0.05) is 45.1 Å². The molecule has 8 nitrogen and oxygen atoms in total. The highest BCUT2D eigenvalue weighted by Gasteiger charge is 2.26. The number of aromatic nitrogens is 3. The summed E-state index contributed by atoms with van der Waals surface area (Å²) >= 11 is 0. The van der Waals surface area contributed by atoms with Crippen LogP contribution in [0.25, 0.3) is 16.9 Å². The van der Waals surface area contributed by atoms with E-state index in [1.807, 2.05) is 35.2 Å². The lowest BCUT2D eigenvalue weighted by molar-refractivity contribution is 0.188. The first-order valence-corrected chi connectivity index (χ1v) is 8.93. The maximum absolute atomic E-state index is 13.4. The molecule has 1 aliphatic rings. The van der Waals surface area contributed by atoms with Crippen molar-refractivity contribution in [3.05, 3.63) is 53.1 Å². The summed E-state index contributed by atoms with van der Waals surface area (Å²) in [6, 6.07) is 9.24. The molecule has 0 amide bonds. The fourth-order valence-electron chi connectivity index (χ4n) is 3.52. The number of hydrogen-bond acceptors (Lipinski definition) is 7. The maximum atomic E-state index is 13.4. The quantitative estimate of drug-likeness (QED) is 0.697. The van der Waals surface area contributed by atoms with Gasteiger partial charge in [-0.1, -0.05) is 18.2 Å².